The number of nitrogens with one attached hydrogen (secondary N) is 1. The Kier molecular flexibility index (Phi) is 3.40. The Balaban J connectivity index is 1.53. The SMILES string of the molecule is CC1(C)CCC(NCc2ccc3c(c2)OCO3)CC1. The van der Waals surface area contributed by atoms with Crippen molar-refractivity contribution < 1.29 is 9.47 Å². The molecule has 3 heteroatoms. The van der Waals surface area contributed by atoms with Crippen molar-refractivity contribution in [2.24, 2.45) is 5.41 Å². The molecule has 1 heterocycles. The number of ether oxygens (including phenoxy) is 2. The highest BCUT2D eigenvalue weighted by molar-refractivity contribution is 5.44. The summed E-state index contributed by atoms with van der Waals surface area (Å²) < 4.78 is 10.7. The largest absolute Gasteiger partial charge is 0.454 e. The molecule has 1 fully saturated rings. The first-order chi connectivity index (χ1) is 9.12. The van der Waals surface area contributed by atoms with Gasteiger partial charge in [0.25, 0.3) is 0 Å². The summed E-state index contributed by atoms with van der Waals surface area (Å²) in [6.07, 6.45) is 5.23. The molecule has 0 radical (unpaired) electrons. The Morgan fingerprint density at radius 2 is 1.89 bits per heavy atom. The van der Waals surface area contributed by atoms with Gasteiger partial charge in [0, 0.05) is 12.6 Å². The summed E-state index contributed by atoms with van der Waals surface area (Å²) in [5.74, 6) is 1.74. The minimum atomic E-state index is 0.351. The third kappa shape index (κ3) is 3.03. The van der Waals surface area contributed by atoms with Crippen LogP contribution in [0.2, 0.25) is 0 Å². The summed E-state index contributed by atoms with van der Waals surface area (Å²) in [5, 5.41) is 3.67. The van der Waals surface area contributed by atoms with Gasteiger partial charge in [-0.15, -0.1) is 0 Å². The van der Waals surface area contributed by atoms with E-state index < -0.39 is 0 Å². The van der Waals surface area contributed by atoms with Crippen molar-refractivity contribution in [3.63, 3.8) is 0 Å². The van der Waals surface area contributed by atoms with E-state index in [9.17, 15) is 0 Å². The van der Waals surface area contributed by atoms with E-state index in [1.807, 2.05) is 6.07 Å². The molecule has 3 nitrogen and oxygen atoms in total. The van der Waals surface area contributed by atoms with Crippen LogP contribution in [0, 0.1) is 5.41 Å². The highest BCUT2D eigenvalue weighted by Crippen LogP contribution is 2.35. The normalized spacial score (nSPS) is 21.6. The molecule has 0 saturated heterocycles. The van der Waals surface area contributed by atoms with Crippen LogP contribution in [-0.2, 0) is 6.54 Å². The van der Waals surface area contributed by atoms with Crippen LogP contribution in [0.15, 0.2) is 18.2 Å². The van der Waals surface area contributed by atoms with E-state index in [0.29, 0.717) is 18.2 Å². The minimum Gasteiger partial charge on any atom is -0.454 e. The van der Waals surface area contributed by atoms with E-state index >= 15 is 0 Å². The number of hydrogen-bond donors (Lipinski definition) is 1. The van der Waals surface area contributed by atoms with E-state index in [-0.39, 0.29) is 0 Å². The Morgan fingerprint density at radius 3 is 2.68 bits per heavy atom. The molecule has 0 atom stereocenters. The molecule has 1 aromatic carbocycles. The first-order valence-electron chi connectivity index (χ1n) is 7.24. The van der Waals surface area contributed by atoms with E-state index in [0.717, 1.165) is 18.0 Å². The molecule has 0 amide bonds. The lowest BCUT2D eigenvalue weighted by Gasteiger charge is -2.34. The highest BCUT2D eigenvalue weighted by atomic mass is 16.7. The summed E-state index contributed by atoms with van der Waals surface area (Å²) >= 11 is 0. The van der Waals surface area contributed by atoms with Crippen molar-refractivity contribution in [1.29, 1.82) is 0 Å². The smallest absolute Gasteiger partial charge is 0.231 e. The van der Waals surface area contributed by atoms with Crippen molar-refractivity contribution in [2.75, 3.05) is 6.79 Å². The molecule has 0 spiro atoms. The maximum absolute atomic E-state index is 5.41. The fourth-order valence-corrected chi connectivity index (χ4v) is 2.92. The van der Waals surface area contributed by atoms with Crippen molar-refractivity contribution in [3.05, 3.63) is 23.8 Å². The number of hydrogen-bond acceptors (Lipinski definition) is 3. The first kappa shape index (κ1) is 12.8. The van der Waals surface area contributed by atoms with Crippen molar-refractivity contribution >= 4 is 0 Å². The van der Waals surface area contributed by atoms with Gasteiger partial charge in [-0.2, -0.15) is 0 Å². The van der Waals surface area contributed by atoms with Crippen LogP contribution in [-0.4, -0.2) is 12.8 Å². The standard InChI is InChI=1S/C16H23NO2/c1-16(2)7-5-13(6-8-16)17-10-12-3-4-14-15(9-12)19-11-18-14/h3-4,9,13,17H,5-8,10-11H2,1-2H3. The molecule has 1 aromatic rings. The lowest BCUT2D eigenvalue weighted by atomic mass is 9.75. The van der Waals surface area contributed by atoms with Gasteiger partial charge in [0.15, 0.2) is 11.5 Å². The zero-order chi connectivity index (χ0) is 13.3. The van der Waals surface area contributed by atoms with Gasteiger partial charge in [0.2, 0.25) is 6.79 Å². The third-order valence-electron chi connectivity index (χ3n) is 4.37. The van der Waals surface area contributed by atoms with Crippen LogP contribution in [0.3, 0.4) is 0 Å². The lowest BCUT2D eigenvalue weighted by Crippen LogP contribution is -2.35. The minimum absolute atomic E-state index is 0.351. The van der Waals surface area contributed by atoms with Crippen molar-refractivity contribution in [1.82, 2.24) is 5.32 Å². The van der Waals surface area contributed by atoms with Gasteiger partial charge >= 0.3 is 0 Å². The van der Waals surface area contributed by atoms with Crippen LogP contribution in [0.5, 0.6) is 11.5 Å². The molecule has 104 valence electrons. The molecule has 2 aliphatic rings. The average Bonchev–Trinajstić information content (AvgIpc) is 2.85. The topological polar surface area (TPSA) is 30.5 Å². The summed E-state index contributed by atoms with van der Waals surface area (Å²) in [7, 11) is 0. The molecule has 0 bridgehead atoms. The summed E-state index contributed by atoms with van der Waals surface area (Å²) in [6.45, 7) is 6.02. The Morgan fingerprint density at radius 1 is 1.16 bits per heavy atom. The Bertz CT molecular complexity index is 446. The fourth-order valence-electron chi connectivity index (χ4n) is 2.92. The van der Waals surface area contributed by atoms with Crippen molar-refractivity contribution in [3.8, 4) is 11.5 Å². The van der Waals surface area contributed by atoms with Gasteiger partial charge in [-0.05, 0) is 48.8 Å². The number of benzene rings is 1. The molecule has 0 aromatic heterocycles. The van der Waals surface area contributed by atoms with Gasteiger partial charge in [-0.3, -0.25) is 0 Å². The molecule has 1 N–H and O–H groups in total. The molecule has 1 aliphatic heterocycles. The third-order valence-corrected chi connectivity index (χ3v) is 4.37. The predicted molar refractivity (Wildman–Crippen MR) is 75.4 cm³/mol. The van der Waals surface area contributed by atoms with E-state index in [1.54, 1.807) is 0 Å². The maximum Gasteiger partial charge on any atom is 0.231 e. The molecule has 3 rings (SSSR count). The zero-order valence-corrected chi connectivity index (χ0v) is 11.9. The summed E-state index contributed by atoms with van der Waals surface area (Å²) in [5.41, 5.74) is 1.81. The van der Waals surface area contributed by atoms with Gasteiger partial charge in [0.1, 0.15) is 0 Å². The second-order valence-corrected chi connectivity index (χ2v) is 6.51. The summed E-state index contributed by atoms with van der Waals surface area (Å²) in [6, 6.07) is 6.87. The molecule has 19 heavy (non-hydrogen) atoms. The van der Waals surface area contributed by atoms with E-state index in [4.69, 9.17) is 9.47 Å². The van der Waals surface area contributed by atoms with E-state index in [2.05, 4.69) is 31.3 Å². The zero-order valence-electron chi connectivity index (χ0n) is 11.9. The van der Waals surface area contributed by atoms with Crippen LogP contribution >= 0.6 is 0 Å². The quantitative estimate of drug-likeness (QED) is 0.903. The van der Waals surface area contributed by atoms with Crippen LogP contribution in [0.4, 0.5) is 0 Å². The van der Waals surface area contributed by atoms with Crippen LogP contribution in [0.1, 0.15) is 45.1 Å². The second kappa shape index (κ2) is 5.04. The highest BCUT2D eigenvalue weighted by Gasteiger charge is 2.26. The average molecular weight is 261 g/mol. The van der Waals surface area contributed by atoms with E-state index in [1.165, 1.54) is 31.2 Å². The molecular weight excluding hydrogens is 238 g/mol. The van der Waals surface area contributed by atoms with Gasteiger partial charge in [-0.1, -0.05) is 19.9 Å². The molecule has 1 aliphatic carbocycles. The number of rotatable bonds is 3. The number of fused-ring (bicyclic) bond motifs is 1. The van der Waals surface area contributed by atoms with Gasteiger partial charge in [-0.25, -0.2) is 0 Å². The Hall–Kier alpha value is -1.22. The lowest BCUT2D eigenvalue weighted by molar-refractivity contribution is 0.174. The fraction of sp³-hybridized carbons (Fsp3) is 0.625. The molecule has 0 unspecified atom stereocenters. The molecular formula is C16H23NO2. The summed E-state index contributed by atoms with van der Waals surface area (Å²) in [4.78, 5) is 0. The Labute approximate surface area is 115 Å². The molecule has 1 saturated carbocycles. The van der Waals surface area contributed by atoms with Crippen LogP contribution in [0.25, 0.3) is 0 Å². The predicted octanol–water partition coefficient (Wildman–Crippen LogP) is 3.47. The van der Waals surface area contributed by atoms with Gasteiger partial charge in [0.05, 0.1) is 0 Å². The van der Waals surface area contributed by atoms with Crippen molar-refractivity contribution in [2.45, 2.75) is 52.1 Å². The van der Waals surface area contributed by atoms with Crippen LogP contribution < -0.4 is 14.8 Å². The van der Waals surface area contributed by atoms with Gasteiger partial charge < -0.3 is 14.8 Å². The monoisotopic (exact) mass is 261 g/mol. The maximum atomic E-state index is 5.41. The first-order valence-corrected chi connectivity index (χ1v) is 7.24. The second-order valence-electron chi connectivity index (χ2n) is 6.51.